The van der Waals surface area contributed by atoms with Crippen molar-refractivity contribution >= 4 is 17.5 Å². The van der Waals surface area contributed by atoms with Crippen LogP contribution in [0.25, 0.3) is 0 Å². The van der Waals surface area contributed by atoms with Gasteiger partial charge in [-0.3, -0.25) is 0 Å². The third kappa shape index (κ3) is 5.23. The highest BCUT2D eigenvalue weighted by Gasteiger charge is 2.14. The summed E-state index contributed by atoms with van der Waals surface area (Å²) >= 11 is 0. The fourth-order valence-electron chi connectivity index (χ4n) is 2.05. The molecule has 0 saturated heterocycles. The third-order valence-electron chi connectivity index (χ3n) is 3.32. The van der Waals surface area contributed by atoms with Crippen LogP contribution in [0.15, 0.2) is 12.3 Å². The molecule has 0 bridgehead atoms. The lowest BCUT2D eigenvalue weighted by Crippen LogP contribution is -2.25. The zero-order valence-electron chi connectivity index (χ0n) is 13.2. The summed E-state index contributed by atoms with van der Waals surface area (Å²) in [6.07, 6.45) is 2.56. The van der Waals surface area contributed by atoms with Gasteiger partial charge in [-0.1, -0.05) is 13.8 Å². The quantitative estimate of drug-likeness (QED) is 0.535. The molecule has 118 valence electrons. The number of esters is 1. The van der Waals surface area contributed by atoms with Gasteiger partial charge in [0, 0.05) is 12.7 Å². The van der Waals surface area contributed by atoms with Crippen LogP contribution in [0.5, 0.6) is 0 Å². The highest BCUT2D eigenvalue weighted by molar-refractivity contribution is 5.97. The summed E-state index contributed by atoms with van der Waals surface area (Å²) in [6, 6.07) is 1.58. The van der Waals surface area contributed by atoms with Gasteiger partial charge in [0.15, 0.2) is 0 Å². The second-order valence-electron chi connectivity index (χ2n) is 4.65. The molecule has 0 spiro atoms. The minimum Gasteiger partial charge on any atom is -0.462 e. The average molecular weight is 294 g/mol. The first kappa shape index (κ1) is 17.2. The molecule has 0 aliphatic rings. The van der Waals surface area contributed by atoms with E-state index in [9.17, 15) is 4.79 Å². The Balaban J connectivity index is 2.56. The van der Waals surface area contributed by atoms with E-state index < -0.39 is 5.97 Å². The maximum atomic E-state index is 11.8. The summed E-state index contributed by atoms with van der Waals surface area (Å²) in [5.74, 6) is 0.128. The topological polar surface area (TPSA) is 80.5 Å². The van der Waals surface area contributed by atoms with E-state index >= 15 is 0 Å². The molecule has 0 amide bonds. The molecule has 21 heavy (non-hydrogen) atoms. The van der Waals surface area contributed by atoms with Crippen molar-refractivity contribution in [2.75, 3.05) is 43.8 Å². The molecule has 0 unspecified atom stereocenters. The summed E-state index contributed by atoms with van der Waals surface area (Å²) in [5.41, 5.74) is 6.68. The molecule has 0 saturated carbocycles. The van der Waals surface area contributed by atoms with Crippen LogP contribution in [0.3, 0.4) is 0 Å². The van der Waals surface area contributed by atoms with Gasteiger partial charge in [-0.15, -0.1) is 0 Å². The van der Waals surface area contributed by atoms with E-state index in [-0.39, 0.29) is 0 Å². The summed E-state index contributed by atoms with van der Waals surface area (Å²) in [4.78, 5) is 18.3. The summed E-state index contributed by atoms with van der Waals surface area (Å²) in [5, 5.41) is 3.18. The van der Waals surface area contributed by atoms with Crippen LogP contribution < -0.4 is 11.1 Å². The minimum atomic E-state index is -0.413. The van der Waals surface area contributed by atoms with Gasteiger partial charge in [0.05, 0.1) is 17.9 Å². The zero-order valence-corrected chi connectivity index (χ0v) is 13.2. The Kier molecular flexibility index (Phi) is 7.53. The SMILES string of the molecule is CCOC(=O)c1ccnc(NCCCN(CC)CC)c1N. The van der Waals surface area contributed by atoms with Crippen molar-refractivity contribution in [3.8, 4) is 0 Å². The lowest BCUT2D eigenvalue weighted by atomic mass is 10.2. The largest absolute Gasteiger partial charge is 0.462 e. The van der Waals surface area contributed by atoms with E-state index in [0.29, 0.717) is 23.7 Å². The van der Waals surface area contributed by atoms with Crippen molar-refractivity contribution in [1.29, 1.82) is 0 Å². The molecule has 6 nitrogen and oxygen atoms in total. The number of nitrogens with one attached hydrogen (secondary N) is 1. The fourth-order valence-corrected chi connectivity index (χ4v) is 2.05. The molecule has 0 aliphatic heterocycles. The number of hydrogen-bond acceptors (Lipinski definition) is 6. The van der Waals surface area contributed by atoms with E-state index in [1.807, 2.05) is 0 Å². The lowest BCUT2D eigenvalue weighted by molar-refractivity contribution is 0.0527. The highest BCUT2D eigenvalue weighted by Crippen LogP contribution is 2.20. The first-order valence-corrected chi connectivity index (χ1v) is 7.51. The molecule has 0 aromatic carbocycles. The van der Waals surface area contributed by atoms with Crippen molar-refractivity contribution in [2.45, 2.75) is 27.2 Å². The molecule has 0 atom stereocenters. The van der Waals surface area contributed by atoms with E-state index in [1.165, 1.54) is 0 Å². The number of pyridine rings is 1. The lowest BCUT2D eigenvalue weighted by Gasteiger charge is -2.18. The zero-order chi connectivity index (χ0) is 15.7. The first-order chi connectivity index (χ1) is 10.1. The van der Waals surface area contributed by atoms with Crippen LogP contribution >= 0.6 is 0 Å². The molecule has 6 heteroatoms. The molecule has 0 radical (unpaired) electrons. The fraction of sp³-hybridized carbons (Fsp3) is 0.600. The molecule has 1 aromatic rings. The molecule has 0 aliphatic carbocycles. The average Bonchev–Trinajstić information content (AvgIpc) is 2.49. The predicted octanol–water partition coefficient (Wildman–Crippen LogP) is 1.98. The van der Waals surface area contributed by atoms with Gasteiger partial charge in [-0.05, 0) is 39.0 Å². The molecule has 3 N–H and O–H groups in total. The Hall–Kier alpha value is -1.82. The smallest absolute Gasteiger partial charge is 0.340 e. The van der Waals surface area contributed by atoms with E-state index in [4.69, 9.17) is 10.5 Å². The number of rotatable bonds is 9. The molecule has 1 heterocycles. The maximum Gasteiger partial charge on any atom is 0.340 e. The Morgan fingerprint density at radius 1 is 1.38 bits per heavy atom. The van der Waals surface area contributed by atoms with Crippen LogP contribution in [0.2, 0.25) is 0 Å². The standard InChI is InChI=1S/C15H26N4O2/c1-4-19(5-2)11-7-9-17-14-13(16)12(8-10-18-14)15(20)21-6-3/h8,10H,4-7,9,11,16H2,1-3H3,(H,17,18). The van der Waals surface area contributed by atoms with Crippen LogP contribution in [-0.4, -0.2) is 48.6 Å². The summed E-state index contributed by atoms with van der Waals surface area (Å²) in [7, 11) is 0. The van der Waals surface area contributed by atoms with Gasteiger partial charge < -0.3 is 20.7 Å². The van der Waals surface area contributed by atoms with Gasteiger partial charge in [0.25, 0.3) is 0 Å². The summed E-state index contributed by atoms with van der Waals surface area (Å²) in [6.45, 7) is 10.3. The molecule has 1 rings (SSSR count). The van der Waals surface area contributed by atoms with Gasteiger partial charge in [0.2, 0.25) is 0 Å². The third-order valence-corrected chi connectivity index (χ3v) is 3.32. The number of nitrogens with two attached hydrogens (primary N) is 1. The van der Waals surface area contributed by atoms with Crippen LogP contribution in [0.1, 0.15) is 37.6 Å². The van der Waals surface area contributed by atoms with Gasteiger partial charge in [0.1, 0.15) is 5.82 Å². The monoisotopic (exact) mass is 294 g/mol. The van der Waals surface area contributed by atoms with E-state index in [1.54, 1.807) is 19.2 Å². The van der Waals surface area contributed by atoms with Gasteiger partial charge >= 0.3 is 5.97 Å². The first-order valence-electron chi connectivity index (χ1n) is 7.51. The molecular weight excluding hydrogens is 268 g/mol. The number of carbonyl (C=O) groups excluding carboxylic acids is 1. The second kappa shape index (κ2) is 9.18. The molecule has 1 aromatic heterocycles. The Morgan fingerprint density at radius 3 is 2.71 bits per heavy atom. The molecule has 0 fully saturated rings. The van der Waals surface area contributed by atoms with E-state index in [0.717, 1.165) is 32.6 Å². The Labute approximate surface area is 126 Å². The number of hydrogen-bond donors (Lipinski definition) is 2. The predicted molar refractivity (Wildman–Crippen MR) is 85.5 cm³/mol. The van der Waals surface area contributed by atoms with Crippen molar-refractivity contribution < 1.29 is 9.53 Å². The van der Waals surface area contributed by atoms with Crippen LogP contribution in [0.4, 0.5) is 11.5 Å². The van der Waals surface area contributed by atoms with Crippen LogP contribution in [0, 0.1) is 0 Å². The number of nitrogens with zero attached hydrogens (tertiary/aromatic N) is 2. The van der Waals surface area contributed by atoms with Crippen molar-refractivity contribution in [1.82, 2.24) is 9.88 Å². The number of anilines is 2. The number of carbonyl (C=O) groups is 1. The normalized spacial score (nSPS) is 10.7. The molecular formula is C15H26N4O2. The minimum absolute atomic E-state index is 0.327. The van der Waals surface area contributed by atoms with Gasteiger partial charge in [-0.25, -0.2) is 9.78 Å². The number of nitrogen functional groups attached to an aromatic ring is 1. The Bertz CT molecular complexity index is 447. The second-order valence-corrected chi connectivity index (χ2v) is 4.65. The Morgan fingerprint density at radius 2 is 2.10 bits per heavy atom. The maximum absolute atomic E-state index is 11.8. The van der Waals surface area contributed by atoms with E-state index in [2.05, 4.69) is 29.0 Å². The van der Waals surface area contributed by atoms with Crippen molar-refractivity contribution in [3.05, 3.63) is 17.8 Å². The van der Waals surface area contributed by atoms with Crippen molar-refractivity contribution in [2.24, 2.45) is 0 Å². The highest BCUT2D eigenvalue weighted by atomic mass is 16.5. The van der Waals surface area contributed by atoms with Gasteiger partial charge in [-0.2, -0.15) is 0 Å². The summed E-state index contributed by atoms with van der Waals surface area (Å²) < 4.78 is 4.97. The number of ether oxygens (including phenoxy) is 1. The van der Waals surface area contributed by atoms with Crippen molar-refractivity contribution in [3.63, 3.8) is 0 Å². The number of aromatic nitrogens is 1. The van der Waals surface area contributed by atoms with Crippen LogP contribution in [-0.2, 0) is 4.74 Å².